The summed E-state index contributed by atoms with van der Waals surface area (Å²) in [5, 5.41) is 9.84. The molecule has 3 nitrogen and oxygen atoms in total. The van der Waals surface area contributed by atoms with Gasteiger partial charge in [-0.25, -0.2) is 0 Å². The van der Waals surface area contributed by atoms with Gasteiger partial charge >= 0.3 is 0 Å². The van der Waals surface area contributed by atoms with Crippen LogP contribution in [-0.2, 0) is 4.74 Å². The summed E-state index contributed by atoms with van der Waals surface area (Å²) < 4.78 is 5.67. The molecule has 0 spiro atoms. The minimum Gasteiger partial charge on any atom is -0.393 e. The largest absolute Gasteiger partial charge is 0.393 e. The van der Waals surface area contributed by atoms with Gasteiger partial charge in [0.25, 0.3) is 0 Å². The molecule has 2 fully saturated rings. The van der Waals surface area contributed by atoms with E-state index in [4.69, 9.17) is 4.74 Å². The highest BCUT2D eigenvalue weighted by atomic mass is 16.5. The molecule has 0 amide bonds. The van der Waals surface area contributed by atoms with Crippen molar-refractivity contribution in [2.45, 2.75) is 51.2 Å². The van der Waals surface area contributed by atoms with Crippen molar-refractivity contribution in [3.05, 3.63) is 0 Å². The standard InChI is InChI=1S/C13H25NO2/c1-2-14(10-12-6-4-8-16-12)9-11-5-3-7-13(11)15/h11-13,15H,2-10H2,1H3. The lowest BCUT2D eigenvalue weighted by Crippen LogP contribution is -2.37. The van der Waals surface area contributed by atoms with E-state index in [9.17, 15) is 5.11 Å². The Hall–Kier alpha value is -0.120. The van der Waals surface area contributed by atoms with Crippen molar-refractivity contribution in [1.29, 1.82) is 0 Å². The Kier molecular flexibility index (Phi) is 4.62. The number of ether oxygens (including phenoxy) is 1. The normalized spacial score (nSPS) is 35.1. The average Bonchev–Trinajstić information content (AvgIpc) is 2.90. The van der Waals surface area contributed by atoms with E-state index in [2.05, 4.69) is 11.8 Å². The van der Waals surface area contributed by atoms with Crippen LogP contribution >= 0.6 is 0 Å². The first kappa shape index (κ1) is 12.3. The molecule has 2 rings (SSSR count). The predicted molar refractivity (Wildman–Crippen MR) is 64.4 cm³/mol. The monoisotopic (exact) mass is 227 g/mol. The van der Waals surface area contributed by atoms with Crippen molar-refractivity contribution in [2.75, 3.05) is 26.2 Å². The van der Waals surface area contributed by atoms with E-state index >= 15 is 0 Å². The molecular formula is C13H25NO2. The molecule has 3 heteroatoms. The molecule has 3 unspecified atom stereocenters. The van der Waals surface area contributed by atoms with E-state index in [0.717, 1.165) is 32.7 Å². The van der Waals surface area contributed by atoms with Crippen LogP contribution in [0.3, 0.4) is 0 Å². The highest BCUT2D eigenvalue weighted by Gasteiger charge is 2.28. The lowest BCUT2D eigenvalue weighted by atomic mass is 10.1. The van der Waals surface area contributed by atoms with E-state index in [-0.39, 0.29) is 6.10 Å². The topological polar surface area (TPSA) is 32.7 Å². The molecule has 1 aliphatic heterocycles. The molecule has 0 aromatic rings. The molecular weight excluding hydrogens is 202 g/mol. The second-order valence-corrected chi connectivity index (χ2v) is 5.25. The van der Waals surface area contributed by atoms with Crippen LogP contribution in [0.2, 0.25) is 0 Å². The van der Waals surface area contributed by atoms with Crippen molar-refractivity contribution in [2.24, 2.45) is 5.92 Å². The first-order valence-electron chi connectivity index (χ1n) is 6.81. The Morgan fingerprint density at radius 1 is 1.19 bits per heavy atom. The summed E-state index contributed by atoms with van der Waals surface area (Å²) in [6.07, 6.45) is 6.21. The first-order chi connectivity index (χ1) is 7.79. The van der Waals surface area contributed by atoms with Gasteiger partial charge in [0.1, 0.15) is 0 Å². The zero-order valence-electron chi connectivity index (χ0n) is 10.4. The summed E-state index contributed by atoms with van der Waals surface area (Å²) in [5.74, 6) is 0.501. The van der Waals surface area contributed by atoms with Gasteiger partial charge in [0.15, 0.2) is 0 Å². The summed E-state index contributed by atoms with van der Waals surface area (Å²) in [6, 6.07) is 0. The van der Waals surface area contributed by atoms with E-state index in [0.29, 0.717) is 12.0 Å². The number of aliphatic hydroxyl groups excluding tert-OH is 1. The van der Waals surface area contributed by atoms with Crippen molar-refractivity contribution >= 4 is 0 Å². The molecule has 2 aliphatic rings. The summed E-state index contributed by atoms with van der Waals surface area (Å²) >= 11 is 0. The Morgan fingerprint density at radius 3 is 2.62 bits per heavy atom. The van der Waals surface area contributed by atoms with E-state index < -0.39 is 0 Å². The summed E-state index contributed by atoms with van der Waals surface area (Å²) in [4.78, 5) is 2.45. The van der Waals surface area contributed by atoms with Crippen LogP contribution in [0.15, 0.2) is 0 Å². The average molecular weight is 227 g/mol. The number of hydrogen-bond donors (Lipinski definition) is 1. The first-order valence-corrected chi connectivity index (χ1v) is 6.81. The van der Waals surface area contributed by atoms with E-state index in [1.54, 1.807) is 0 Å². The molecule has 1 aliphatic carbocycles. The number of nitrogens with zero attached hydrogens (tertiary/aromatic N) is 1. The zero-order chi connectivity index (χ0) is 11.4. The summed E-state index contributed by atoms with van der Waals surface area (Å²) in [7, 11) is 0. The highest BCUT2D eigenvalue weighted by molar-refractivity contribution is 4.80. The fraction of sp³-hybridized carbons (Fsp3) is 1.00. The summed E-state index contributed by atoms with van der Waals surface area (Å²) in [5.41, 5.74) is 0. The molecule has 94 valence electrons. The maximum absolute atomic E-state index is 9.84. The molecule has 1 saturated heterocycles. The molecule has 1 heterocycles. The van der Waals surface area contributed by atoms with Gasteiger partial charge in [-0.05, 0) is 38.1 Å². The van der Waals surface area contributed by atoms with Crippen LogP contribution in [0.4, 0.5) is 0 Å². The second kappa shape index (κ2) is 5.99. The molecule has 0 aromatic carbocycles. The van der Waals surface area contributed by atoms with Crippen LogP contribution < -0.4 is 0 Å². The molecule has 0 radical (unpaired) electrons. The van der Waals surface area contributed by atoms with Gasteiger partial charge in [0, 0.05) is 19.7 Å². The number of rotatable bonds is 5. The maximum Gasteiger partial charge on any atom is 0.0702 e. The number of aliphatic hydroxyl groups is 1. The molecule has 16 heavy (non-hydrogen) atoms. The molecule has 3 atom stereocenters. The van der Waals surface area contributed by atoms with Gasteiger partial charge in [0.05, 0.1) is 12.2 Å². The Labute approximate surface area is 98.8 Å². The predicted octanol–water partition coefficient (Wildman–Crippen LogP) is 1.65. The van der Waals surface area contributed by atoms with Gasteiger partial charge in [-0.15, -0.1) is 0 Å². The van der Waals surface area contributed by atoms with Gasteiger partial charge in [-0.3, -0.25) is 0 Å². The third-order valence-corrected chi connectivity index (χ3v) is 4.04. The van der Waals surface area contributed by atoms with Crippen LogP contribution in [0.5, 0.6) is 0 Å². The van der Waals surface area contributed by atoms with Crippen LogP contribution in [0.25, 0.3) is 0 Å². The Morgan fingerprint density at radius 2 is 2.06 bits per heavy atom. The van der Waals surface area contributed by atoms with Crippen LogP contribution in [0, 0.1) is 5.92 Å². The summed E-state index contributed by atoms with van der Waals surface area (Å²) in [6.45, 7) is 6.32. The minimum absolute atomic E-state index is 0.0569. The maximum atomic E-state index is 9.84. The van der Waals surface area contributed by atoms with Crippen molar-refractivity contribution in [3.63, 3.8) is 0 Å². The smallest absolute Gasteiger partial charge is 0.0702 e. The highest BCUT2D eigenvalue weighted by Crippen LogP contribution is 2.26. The lowest BCUT2D eigenvalue weighted by Gasteiger charge is -2.27. The van der Waals surface area contributed by atoms with Crippen LogP contribution in [-0.4, -0.2) is 48.5 Å². The third kappa shape index (κ3) is 3.19. The van der Waals surface area contributed by atoms with E-state index in [1.165, 1.54) is 25.7 Å². The van der Waals surface area contributed by atoms with Gasteiger partial charge in [-0.2, -0.15) is 0 Å². The number of likely N-dealkylation sites (N-methyl/N-ethyl adjacent to an activating group) is 1. The molecule has 1 N–H and O–H groups in total. The van der Waals surface area contributed by atoms with Gasteiger partial charge < -0.3 is 14.7 Å². The molecule has 0 bridgehead atoms. The fourth-order valence-corrected chi connectivity index (χ4v) is 2.97. The molecule has 0 aromatic heterocycles. The van der Waals surface area contributed by atoms with Crippen molar-refractivity contribution in [1.82, 2.24) is 4.90 Å². The van der Waals surface area contributed by atoms with Crippen molar-refractivity contribution in [3.8, 4) is 0 Å². The minimum atomic E-state index is -0.0569. The second-order valence-electron chi connectivity index (χ2n) is 5.25. The third-order valence-electron chi connectivity index (χ3n) is 4.04. The van der Waals surface area contributed by atoms with Gasteiger partial charge in [-0.1, -0.05) is 13.3 Å². The van der Waals surface area contributed by atoms with Gasteiger partial charge in [0.2, 0.25) is 0 Å². The Balaban J connectivity index is 1.75. The van der Waals surface area contributed by atoms with E-state index in [1.807, 2.05) is 0 Å². The quantitative estimate of drug-likeness (QED) is 0.775. The Bertz CT molecular complexity index is 204. The molecule has 1 saturated carbocycles. The number of hydrogen-bond acceptors (Lipinski definition) is 3. The zero-order valence-corrected chi connectivity index (χ0v) is 10.4. The fourth-order valence-electron chi connectivity index (χ4n) is 2.97. The lowest BCUT2D eigenvalue weighted by molar-refractivity contribution is 0.0540. The van der Waals surface area contributed by atoms with Crippen molar-refractivity contribution < 1.29 is 9.84 Å². The SMILES string of the molecule is CCN(CC1CCCO1)CC1CCCC1O. The van der Waals surface area contributed by atoms with Crippen LogP contribution in [0.1, 0.15) is 39.0 Å².